The number of ether oxygens (including phenoxy) is 1. The van der Waals surface area contributed by atoms with Gasteiger partial charge in [0, 0.05) is 13.1 Å². The van der Waals surface area contributed by atoms with Crippen LogP contribution >= 0.6 is 0 Å². The van der Waals surface area contributed by atoms with Gasteiger partial charge in [0.2, 0.25) is 0 Å². The average Bonchev–Trinajstić information content (AvgIpc) is 2.39. The molecular weight excluding hydrogens is 234 g/mol. The van der Waals surface area contributed by atoms with Crippen LogP contribution in [0.3, 0.4) is 0 Å². The van der Waals surface area contributed by atoms with E-state index in [1.807, 2.05) is 6.07 Å². The maximum atomic E-state index is 10.9. The maximum absolute atomic E-state index is 10.9. The maximum Gasteiger partial charge on any atom is 0.331 e. The van der Waals surface area contributed by atoms with Gasteiger partial charge in [-0.15, -0.1) is 0 Å². The average molecular weight is 245 g/mol. The van der Waals surface area contributed by atoms with Crippen molar-refractivity contribution in [3.63, 3.8) is 0 Å². The van der Waals surface area contributed by atoms with E-state index >= 15 is 0 Å². The molecule has 2 rings (SSSR count). The molecule has 1 aromatic carbocycles. The largest absolute Gasteiger partial charge is 0.434 e. The molecule has 0 aliphatic heterocycles. The lowest BCUT2D eigenvalue weighted by Crippen LogP contribution is -1.99. The van der Waals surface area contributed by atoms with E-state index in [1.165, 1.54) is 12.1 Å². The van der Waals surface area contributed by atoms with Crippen molar-refractivity contribution in [3.8, 4) is 11.6 Å². The summed E-state index contributed by atoms with van der Waals surface area (Å²) in [7, 11) is 1.68. The van der Waals surface area contributed by atoms with Crippen molar-refractivity contribution in [2.45, 2.75) is 0 Å². The number of nitrogens with zero attached hydrogens (tertiary/aromatic N) is 2. The number of pyridine rings is 1. The Balaban J connectivity index is 2.38. The molecule has 0 spiro atoms. The van der Waals surface area contributed by atoms with Crippen molar-refractivity contribution in [2.75, 3.05) is 12.4 Å². The van der Waals surface area contributed by atoms with Gasteiger partial charge in [0.05, 0.1) is 4.92 Å². The summed E-state index contributed by atoms with van der Waals surface area (Å²) >= 11 is 0. The lowest BCUT2D eigenvalue weighted by atomic mass is 10.3. The Labute approximate surface area is 103 Å². The molecule has 0 aliphatic rings. The number of rotatable bonds is 4. The minimum Gasteiger partial charge on any atom is -0.434 e. The molecule has 1 N–H and O–H groups in total. The molecule has 0 aliphatic carbocycles. The summed E-state index contributed by atoms with van der Waals surface area (Å²) in [5, 5.41) is 13.7. The van der Waals surface area contributed by atoms with E-state index in [0.717, 1.165) is 0 Å². The lowest BCUT2D eigenvalue weighted by Gasteiger charge is -2.06. The molecule has 0 atom stereocenters. The number of nitrogens with one attached hydrogen (secondary N) is 1. The Morgan fingerprint density at radius 3 is 2.56 bits per heavy atom. The number of hydrogen-bond donors (Lipinski definition) is 1. The predicted octanol–water partition coefficient (Wildman–Crippen LogP) is 2.82. The second kappa shape index (κ2) is 5.13. The normalized spacial score (nSPS) is 9.83. The molecule has 2 aromatic rings. The van der Waals surface area contributed by atoms with Gasteiger partial charge in [-0.1, -0.05) is 18.2 Å². The summed E-state index contributed by atoms with van der Waals surface area (Å²) in [5.74, 6) is 0.978. The molecule has 0 amide bonds. The van der Waals surface area contributed by atoms with Crippen molar-refractivity contribution in [3.05, 3.63) is 52.6 Å². The number of hydrogen-bond acceptors (Lipinski definition) is 5. The van der Waals surface area contributed by atoms with E-state index in [0.29, 0.717) is 11.6 Å². The fourth-order valence-corrected chi connectivity index (χ4v) is 1.39. The van der Waals surface area contributed by atoms with Crippen LogP contribution in [0.15, 0.2) is 42.5 Å². The van der Waals surface area contributed by atoms with Crippen LogP contribution < -0.4 is 10.1 Å². The van der Waals surface area contributed by atoms with Crippen LogP contribution in [0, 0.1) is 10.1 Å². The molecule has 1 heterocycles. The molecule has 0 radical (unpaired) electrons. The van der Waals surface area contributed by atoms with Crippen LogP contribution in [0.2, 0.25) is 0 Å². The quantitative estimate of drug-likeness (QED) is 0.662. The highest BCUT2D eigenvalue weighted by Crippen LogP contribution is 2.30. The Morgan fingerprint density at radius 1 is 1.22 bits per heavy atom. The first-order chi connectivity index (χ1) is 8.70. The fourth-order valence-electron chi connectivity index (χ4n) is 1.39. The van der Waals surface area contributed by atoms with Gasteiger partial charge < -0.3 is 10.1 Å². The van der Waals surface area contributed by atoms with Crippen LogP contribution in [0.4, 0.5) is 11.5 Å². The predicted molar refractivity (Wildman–Crippen MR) is 67.0 cm³/mol. The van der Waals surface area contributed by atoms with Gasteiger partial charge in [0.15, 0.2) is 0 Å². The molecule has 0 fully saturated rings. The third kappa shape index (κ3) is 2.54. The molecule has 0 unspecified atom stereocenters. The standard InChI is InChI=1S/C12H11N3O3/c1-13-11-8-7-10(15(16)17)12(14-11)18-9-5-3-2-4-6-9/h2-8H,1H3,(H,13,14). The summed E-state index contributed by atoms with van der Waals surface area (Å²) in [5.41, 5.74) is -0.169. The zero-order valence-electron chi connectivity index (χ0n) is 9.66. The van der Waals surface area contributed by atoms with Gasteiger partial charge in [-0.3, -0.25) is 10.1 Å². The van der Waals surface area contributed by atoms with Crippen molar-refractivity contribution in [1.29, 1.82) is 0 Å². The molecule has 0 saturated carbocycles. The molecule has 1 aromatic heterocycles. The zero-order valence-corrected chi connectivity index (χ0v) is 9.66. The third-order valence-corrected chi connectivity index (χ3v) is 2.25. The third-order valence-electron chi connectivity index (χ3n) is 2.25. The first-order valence-electron chi connectivity index (χ1n) is 5.27. The Bertz CT molecular complexity index is 558. The second-order valence-corrected chi connectivity index (χ2v) is 3.44. The monoisotopic (exact) mass is 245 g/mol. The van der Waals surface area contributed by atoms with Crippen LogP contribution in [-0.4, -0.2) is 17.0 Å². The van der Waals surface area contributed by atoms with Gasteiger partial charge in [-0.05, 0) is 18.2 Å². The van der Waals surface area contributed by atoms with Gasteiger partial charge in [-0.2, -0.15) is 4.98 Å². The molecule has 0 saturated heterocycles. The van der Waals surface area contributed by atoms with Crippen molar-refractivity contribution in [1.82, 2.24) is 4.98 Å². The highest BCUT2D eigenvalue weighted by atomic mass is 16.6. The summed E-state index contributed by atoms with van der Waals surface area (Å²) in [4.78, 5) is 14.4. The number of aromatic nitrogens is 1. The summed E-state index contributed by atoms with van der Waals surface area (Å²) in [6, 6.07) is 11.7. The smallest absolute Gasteiger partial charge is 0.331 e. The minimum atomic E-state index is -0.523. The Kier molecular flexibility index (Phi) is 3.38. The number of para-hydroxylation sites is 1. The molecule has 0 bridgehead atoms. The van der Waals surface area contributed by atoms with Crippen LogP contribution in [-0.2, 0) is 0 Å². The zero-order chi connectivity index (χ0) is 13.0. The summed E-state index contributed by atoms with van der Waals surface area (Å²) in [6.45, 7) is 0. The fraction of sp³-hybridized carbons (Fsp3) is 0.0833. The highest BCUT2D eigenvalue weighted by Gasteiger charge is 2.18. The molecule has 92 valence electrons. The van der Waals surface area contributed by atoms with Crippen LogP contribution in [0.1, 0.15) is 0 Å². The molecule has 6 nitrogen and oxygen atoms in total. The Morgan fingerprint density at radius 2 is 1.94 bits per heavy atom. The van der Waals surface area contributed by atoms with E-state index < -0.39 is 4.92 Å². The minimum absolute atomic E-state index is 0.0296. The van der Waals surface area contributed by atoms with Crippen molar-refractivity contribution in [2.24, 2.45) is 0 Å². The molecule has 18 heavy (non-hydrogen) atoms. The SMILES string of the molecule is CNc1ccc([N+](=O)[O-])c(Oc2ccccc2)n1. The van der Waals surface area contributed by atoms with Crippen LogP contribution in [0.5, 0.6) is 11.6 Å². The van der Waals surface area contributed by atoms with Gasteiger partial charge >= 0.3 is 11.6 Å². The van der Waals surface area contributed by atoms with E-state index in [-0.39, 0.29) is 11.6 Å². The summed E-state index contributed by atoms with van der Waals surface area (Å²) in [6.07, 6.45) is 0. The highest BCUT2D eigenvalue weighted by molar-refractivity contribution is 5.50. The van der Waals surface area contributed by atoms with E-state index in [1.54, 1.807) is 31.3 Å². The topological polar surface area (TPSA) is 77.3 Å². The molecular formula is C12H11N3O3. The van der Waals surface area contributed by atoms with Crippen molar-refractivity contribution >= 4 is 11.5 Å². The van der Waals surface area contributed by atoms with E-state index in [4.69, 9.17) is 4.74 Å². The first-order valence-corrected chi connectivity index (χ1v) is 5.27. The first kappa shape index (κ1) is 11.8. The number of benzene rings is 1. The second-order valence-electron chi connectivity index (χ2n) is 3.44. The van der Waals surface area contributed by atoms with Gasteiger partial charge in [-0.25, -0.2) is 0 Å². The van der Waals surface area contributed by atoms with Crippen LogP contribution in [0.25, 0.3) is 0 Å². The van der Waals surface area contributed by atoms with E-state index in [9.17, 15) is 10.1 Å². The van der Waals surface area contributed by atoms with E-state index in [2.05, 4.69) is 10.3 Å². The number of anilines is 1. The lowest BCUT2D eigenvalue weighted by molar-refractivity contribution is -0.386. The van der Waals surface area contributed by atoms with Gasteiger partial charge in [0.1, 0.15) is 11.6 Å². The van der Waals surface area contributed by atoms with Crippen molar-refractivity contribution < 1.29 is 9.66 Å². The number of nitro groups is 1. The molecule has 6 heteroatoms. The summed E-state index contributed by atoms with van der Waals surface area (Å²) < 4.78 is 5.42. The van der Waals surface area contributed by atoms with Gasteiger partial charge in [0.25, 0.3) is 0 Å². The Hall–Kier alpha value is -2.63.